The Morgan fingerprint density at radius 1 is 0.893 bits per heavy atom. The van der Waals surface area contributed by atoms with Crippen LogP contribution in [0.5, 0.6) is 0 Å². The van der Waals surface area contributed by atoms with E-state index in [9.17, 15) is 0 Å². The second kappa shape index (κ2) is 6.22. The molecule has 3 aromatic rings. The summed E-state index contributed by atoms with van der Waals surface area (Å²) in [6, 6.07) is 26.9. The van der Waals surface area contributed by atoms with E-state index in [0.29, 0.717) is 0 Å². The molecule has 2 heteroatoms. The zero-order valence-corrected chi connectivity index (χ0v) is 16.6. The monoisotopic (exact) mass is 371 g/mol. The molecule has 0 saturated carbocycles. The SMILES string of the molecule is [2H]C([2H])([2H])C1N(c2ccccc2C)[C@@H](C)C2c3ccccc3C(C)(c3ccccc3)N21. The van der Waals surface area contributed by atoms with Crippen molar-refractivity contribution < 1.29 is 4.11 Å². The highest BCUT2D eigenvalue weighted by molar-refractivity contribution is 5.59. The van der Waals surface area contributed by atoms with Crippen LogP contribution in [0.1, 0.15) is 53.1 Å². The van der Waals surface area contributed by atoms with Crippen molar-refractivity contribution in [1.82, 2.24) is 4.90 Å². The minimum atomic E-state index is -2.18. The van der Waals surface area contributed by atoms with E-state index in [1.54, 1.807) is 0 Å². The van der Waals surface area contributed by atoms with Crippen LogP contribution >= 0.6 is 0 Å². The van der Waals surface area contributed by atoms with E-state index < -0.39 is 18.6 Å². The molecule has 2 aliphatic rings. The van der Waals surface area contributed by atoms with Crippen LogP contribution in [-0.4, -0.2) is 17.1 Å². The minimum Gasteiger partial charge on any atom is -0.351 e. The average Bonchev–Trinajstić information content (AvgIpc) is 3.21. The predicted octanol–water partition coefficient (Wildman–Crippen LogP) is 5.87. The number of para-hydroxylation sites is 1. The van der Waals surface area contributed by atoms with Gasteiger partial charge in [0.1, 0.15) is 0 Å². The first-order chi connectivity index (χ1) is 14.8. The van der Waals surface area contributed by atoms with Gasteiger partial charge < -0.3 is 4.90 Å². The number of fused-ring (bicyclic) bond motifs is 3. The van der Waals surface area contributed by atoms with Gasteiger partial charge in [0.15, 0.2) is 0 Å². The largest absolute Gasteiger partial charge is 0.351 e. The van der Waals surface area contributed by atoms with Gasteiger partial charge in [-0.1, -0.05) is 72.8 Å². The molecule has 2 heterocycles. The number of hydrogen-bond acceptors (Lipinski definition) is 2. The van der Waals surface area contributed by atoms with E-state index in [4.69, 9.17) is 4.11 Å². The summed E-state index contributed by atoms with van der Waals surface area (Å²) in [5, 5.41) is 0. The molecule has 3 unspecified atom stereocenters. The molecule has 0 N–H and O–H groups in total. The van der Waals surface area contributed by atoms with Gasteiger partial charge in [0.25, 0.3) is 0 Å². The molecule has 0 radical (unpaired) electrons. The molecule has 142 valence electrons. The van der Waals surface area contributed by atoms with Crippen molar-refractivity contribution in [3.63, 3.8) is 0 Å². The molecule has 0 spiro atoms. The average molecular weight is 372 g/mol. The molecular weight excluding hydrogens is 340 g/mol. The summed E-state index contributed by atoms with van der Waals surface area (Å²) in [5.41, 5.74) is 5.12. The lowest BCUT2D eigenvalue weighted by molar-refractivity contribution is 0.109. The fraction of sp³-hybridized carbons (Fsp3) is 0.308. The molecule has 28 heavy (non-hydrogen) atoms. The van der Waals surface area contributed by atoms with E-state index in [1.165, 1.54) is 11.1 Å². The van der Waals surface area contributed by atoms with E-state index in [0.717, 1.165) is 16.8 Å². The maximum absolute atomic E-state index is 8.62. The van der Waals surface area contributed by atoms with Crippen LogP contribution in [0.25, 0.3) is 0 Å². The third kappa shape index (κ3) is 2.18. The summed E-state index contributed by atoms with van der Waals surface area (Å²) >= 11 is 0. The Hall–Kier alpha value is -2.58. The van der Waals surface area contributed by atoms with Crippen molar-refractivity contribution in [2.75, 3.05) is 4.90 Å². The zero-order valence-electron chi connectivity index (χ0n) is 19.6. The van der Waals surface area contributed by atoms with Gasteiger partial charge >= 0.3 is 0 Å². The molecule has 0 amide bonds. The Kier molecular flexibility index (Phi) is 3.20. The summed E-state index contributed by atoms with van der Waals surface area (Å²) in [7, 11) is 0. The molecule has 2 nitrogen and oxygen atoms in total. The second-order valence-electron chi connectivity index (χ2n) is 8.19. The Bertz CT molecular complexity index is 1110. The molecule has 2 aliphatic heterocycles. The van der Waals surface area contributed by atoms with Gasteiger partial charge in [-0.2, -0.15) is 0 Å². The lowest BCUT2D eigenvalue weighted by atomic mass is 9.84. The second-order valence-corrected chi connectivity index (χ2v) is 8.19. The van der Waals surface area contributed by atoms with Crippen molar-refractivity contribution in [3.05, 3.63) is 101 Å². The van der Waals surface area contributed by atoms with Gasteiger partial charge in [-0.05, 0) is 55.9 Å². The first kappa shape index (κ1) is 14.4. The maximum atomic E-state index is 8.62. The number of anilines is 1. The fourth-order valence-corrected chi connectivity index (χ4v) is 5.43. The quantitative estimate of drug-likeness (QED) is 0.556. The highest BCUT2D eigenvalue weighted by Gasteiger charge is 2.57. The Balaban J connectivity index is 1.79. The van der Waals surface area contributed by atoms with Gasteiger partial charge in [0.2, 0.25) is 0 Å². The summed E-state index contributed by atoms with van der Waals surface area (Å²) in [6.07, 6.45) is -0.730. The van der Waals surface area contributed by atoms with Gasteiger partial charge in [0.05, 0.1) is 17.7 Å². The van der Waals surface area contributed by atoms with Crippen LogP contribution in [-0.2, 0) is 5.54 Å². The van der Waals surface area contributed by atoms with Crippen molar-refractivity contribution >= 4 is 5.69 Å². The Morgan fingerprint density at radius 3 is 2.32 bits per heavy atom. The van der Waals surface area contributed by atoms with Gasteiger partial charge in [0, 0.05) is 15.8 Å². The van der Waals surface area contributed by atoms with E-state index in [1.807, 2.05) is 30.3 Å². The summed E-state index contributed by atoms with van der Waals surface area (Å²) in [6.45, 7) is 4.24. The summed E-state index contributed by atoms with van der Waals surface area (Å²) in [4.78, 5) is 4.40. The third-order valence-electron chi connectivity index (χ3n) is 6.77. The van der Waals surface area contributed by atoms with E-state index in [2.05, 4.69) is 79.1 Å². The molecule has 1 saturated heterocycles. The third-order valence-corrected chi connectivity index (χ3v) is 6.77. The van der Waals surface area contributed by atoms with Crippen LogP contribution in [0.2, 0.25) is 0 Å². The lowest BCUT2D eigenvalue weighted by Gasteiger charge is -2.41. The molecule has 0 aliphatic carbocycles. The number of nitrogens with zero attached hydrogens (tertiary/aromatic N) is 2. The highest BCUT2D eigenvalue weighted by Crippen LogP contribution is 2.57. The molecule has 3 aromatic carbocycles. The number of aryl methyl sites for hydroxylation is 1. The zero-order chi connectivity index (χ0) is 22.0. The van der Waals surface area contributed by atoms with Crippen LogP contribution in [0, 0.1) is 6.92 Å². The summed E-state index contributed by atoms with van der Waals surface area (Å²) in [5.74, 6) is 0. The van der Waals surface area contributed by atoms with Crippen molar-refractivity contribution in [2.45, 2.75) is 51.4 Å². The topological polar surface area (TPSA) is 6.48 Å². The van der Waals surface area contributed by atoms with Crippen molar-refractivity contribution in [1.29, 1.82) is 0 Å². The normalized spacial score (nSPS) is 31.0. The van der Waals surface area contributed by atoms with E-state index >= 15 is 0 Å². The van der Waals surface area contributed by atoms with Crippen LogP contribution in [0.3, 0.4) is 0 Å². The number of benzene rings is 3. The van der Waals surface area contributed by atoms with Crippen LogP contribution < -0.4 is 4.90 Å². The maximum Gasteiger partial charge on any atom is 0.0811 e. The summed E-state index contributed by atoms with van der Waals surface area (Å²) < 4.78 is 25.9. The fourth-order valence-electron chi connectivity index (χ4n) is 5.43. The first-order valence-corrected chi connectivity index (χ1v) is 10.0. The van der Waals surface area contributed by atoms with Crippen molar-refractivity contribution in [2.24, 2.45) is 0 Å². The number of rotatable bonds is 2. The molecule has 4 atom stereocenters. The van der Waals surface area contributed by atoms with Crippen LogP contribution in [0.15, 0.2) is 78.9 Å². The van der Waals surface area contributed by atoms with E-state index in [-0.39, 0.29) is 12.1 Å². The molecule has 0 aromatic heterocycles. The van der Waals surface area contributed by atoms with Gasteiger partial charge in [-0.25, -0.2) is 0 Å². The predicted molar refractivity (Wildman–Crippen MR) is 117 cm³/mol. The lowest BCUT2D eigenvalue weighted by Crippen LogP contribution is -2.47. The smallest absolute Gasteiger partial charge is 0.0811 e. The molecule has 0 bridgehead atoms. The van der Waals surface area contributed by atoms with Gasteiger partial charge in [-0.15, -0.1) is 0 Å². The number of hydrogen-bond donors (Lipinski definition) is 0. The van der Waals surface area contributed by atoms with Crippen LogP contribution in [0.4, 0.5) is 5.69 Å². The Morgan fingerprint density at radius 2 is 1.57 bits per heavy atom. The first-order valence-electron chi connectivity index (χ1n) is 11.5. The Labute approximate surface area is 172 Å². The molecule has 1 fully saturated rings. The van der Waals surface area contributed by atoms with Gasteiger partial charge in [-0.3, -0.25) is 4.90 Å². The van der Waals surface area contributed by atoms with Crippen molar-refractivity contribution in [3.8, 4) is 0 Å². The minimum absolute atomic E-state index is 0.00793. The molecule has 5 rings (SSSR count). The standard InChI is InChI=1S/C26H28N2/c1-18-12-8-11-17-24(18)27-19(2)25-22-15-9-10-16-23(22)26(4,28(25)20(27)3)21-13-6-5-7-14-21/h5-17,19-20,25H,1-4H3/t19-,20?,25?,26?/m0/s1/i3D3. The molecular formula is C26H28N2. The highest BCUT2D eigenvalue weighted by atomic mass is 15.5.